The van der Waals surface area contributed by atoms with Crippen molar-refractivity contribution >= 4 is 11.9 Å². The molecule has 2 aromatic heterocycles. The van der Waals surface area contributed by atoms with Gasteiger partial charge in [-0.2, -0.15) is 5.10 Å². The molecule has 0 radical (unpaired) electrons. The fraction of sp³-hybridized carbons (Fsp3) is 0.444. The van der Waals surface area contributed by atoms with Crippen molar-refractivity contribution in [2.45, 2.75) is 32.7 Å². The van der Waals surface area contributed by atoms with Crippen molar-refractivity contribution in [2.24, 2.45) is 0 Å². The Labute approximate surface area is 151 Å². The highest BCUT2D eigenvalue weighted by Gasteiger charge is 2.28. The Morgan fingerprint density at radius 2 is 2.04 bits per heavy atom. The summed E-state index contributed by atoms with van der Waals surface area (Å²) in [6.07, 6.45) is 4.43. The number of hydrogen-bond donors (Lipinski definition) is 1. The van der Waals surface area contributed by atoms with Crippen LogP contribution in [0.2, 0.25) is 0 Å². The van der Waals surface area contributed by atoms with Gasteiger partial charge in [-0.3, -0.25) is 9.48 Å². The Morgan fingerprint density at radius 1 is 1.31 bits per heavy atom. The topological polar surface area (TPSA) is 97.5 Å². The van der Waals surface area contributed by atoms with E-state index in [0.717, 1.165) is 12.8 Å². The lowest BCUT2D eigenvalue weighted by Gasteiger charge is -2.32. The van der Waals surface area contributed by atoms with Gasteiger partial charge in [0.25, 0.3) is 5.91 Å². The van der Waals surface area contributed by atoms with Crippen molar-refractivity contribution in [3.8, 4) is 5.88 Å². The summed E-state index contributed by atoms with van der Waals surface area (Å²) < 4.78 is 7.22. The zero-order chi connectivity index (χ0) is 18.7. The molecule has 1 fully saturated rings. The largest absolute Gasteiger partial charge is 0.478 e. The maximum atomic E-state index is 12.8. The summed E-state index contributed by atoms with van der Waals surface area (Å²) in [6.45, 7) is 5.21. The van der Waals surface area contributed by atoms with E-state index >= 15 is 0 Å². The zero-order valence-corrected chi connectivity index (χ0v) is 14.9. The maximum Gasteiger partial charge on any atom is 0.339 e. The first-order valence-corrected chi connectivity index (χ1v) is 8.67. The van der Waals surface area contributed by atoms with Crippen molar-refractivity contribution in [1.29, 1.82) is 0 Å². The van der Waals surface area contributed by atoms with E-state index in [2.05, 4.69) is 10.1 Å². The van der Waals surface area contributed by atoms with Crippen LogP contribution in [0.1, 0.15) is 52.2 Å². The second-order valence-corrected chi connectivity index (χ2v) is 6.21. The Bertz CT molecular complexity index is 809. The molecule has 1 aliphatic heterocycles. The van der Waals surface area contributed by atoms with Gasteiger partial charge in [-0.15, -0.1) is 0 Å². The SMILES string of the molecule is CCOc1ncccc1C(=O)N1CCC(n2ncc(C(=O)O)c2C)CC1. The quantitative estimate of drug-likeness (QED) is 0.880. The van der Waals surface area contributed by atoms with Crippen LogP contribution in [-0.2, 0) is 0 Å². The van der Waals surface area contributed by atoms with Crippen LogP contribution in [0.4, 0.5) is 0 Å². The third-order valence-corrected chi connectivity index (χ3v) is 4.66. The molecule has 0 bridgehead atoms. The van der Waals surface area contributed by atoms with Gasteiger partial charge in [-0.05, 0) is 38.8 Å². The molecule has 0 saturated carbocycles. The number of carbonyl (C=O) groups is 2. The van der Waals surface area contributed by atoms with Gasteiger partial charge in [0.2, 0.25) is 5.88 Å². The summed E-state index contributed by atoms with van der Waals surface area (Å²) in [5.74, 6) is -0.707. The standard InChI is InChI=1S/C18H22N4O4/c1-3-26-16-14(5-4-8-19-16)17(23)21-9-6-13(7-10-21)22-12(2)15(11-20-22)18(24)25/h4-5,8,11,13H,3,6-7,9-10H2,1-2H3,(H,24,25). The second-order valence-electron chi connectivity index (χ2n) is 6.21. The van der Waals surface area contributed by atoms with Crippen LogP contribution in [0, 0.1) is 6.92 Å². The Morgan fingerprint density at radius 3 is 2.65 bits per heavy atom. The van der Waals surface area contributed by atoms with Crippen LogP contribution in [0.3, 0.4) is 0 Å². The van der Waals surface area contributed by atoms with Crippen LogP contribution in [-0.4, -0.2) is 56.3 Å². The van der Waals surface area contributed by atoms with Crippen LogP contribution < -0.4 is 4.74 Å². The molecule has 8 heteroatoms. The molecule has 138 valence electrons. The molecule has 3 heterocycles. The van der Waals surface area contributed by atoms with Gasteiger partial charge in [-0.25, -0.2) is 9.78 Å². The van der Waals surface area contributed by atoms with Gasteiger partial charge in [0.15, 0.2) is 0 Å². The molecule has 8 nitrogen and oxygen atoms in total. The van der Waals surface area contributed by atoms with Gasteiger partial charge in [-0.1, -0.05) is 0 Å². The molecular formula is C18H22N4O4. The highest BCUT2D eigenvalue weighted by Crippen LogP contribution is 2.26. The normalized spacial score (nSPS) is 15.1. The highest BCUT2D eigenvalue weighted by molar-refractivity contribution is 5.96. The van der Waals surface area contributed by atoms with E-state index in [0.29, 0.717) is 36.8 Å². The van der Waals surface area contributed by atoms with E-state index in [1.54, 1.807) is 34.8 Å². The number of ether oxygens (including phenoxy) is 1. The van der Waals surface area contributed by atoms with Crippen LogP contribution in [0.5, 0.6) is 5.88 Å². The van der Waals surface area contributed by atoms with E-state index in [-0.39, 0.29) is 17.5 Å². The van der Waals surface area contributed by atoms with E-state index in [9.17, 15) is 9.59 Å². The number of likely N-dealkylation sites (tertiary alicyclic amines) is 1. The Balaban J connectivity index is 1.69. The average molecular weight is 358 g/mol. The van der Waals surface area contributed by atoms with Crippen molar-refractivity contribution in [1.82, 2.24) is 19.7 Å². The smallest absolute Gasteiger partial charge is 0.339 e. The van der Waals surface area contributed by atoms with Gasteiger partial charge < -0.3 is 14.7 Å². The number of amides is 1. The van der Waals surface area contributed by atoms with E-state index in [1.807, 2.05) is 6.92 Å². The number of rotatable bonds is 5. The van der Waals surface area contributed by atoms with Gasteiger partial charge in [0.1, 0.15) is 11.1 Å². The molecule has 1 N–H and O–H groups in total. The molecule has 1 amide bonds. The number of piperidine rings is 1. The molecule has 0 aliphatic carbocycles. The number of carboxylic acids is 1. The second kappa shape index (κ2) is 7.55. The lowest BCUT2D eigenvalue weighted by Crippen LogP contribution is -2.39. The molecule has 3 rings (SSSR count). The van der Waals surface area contributed by atoms with Crippen LogP contribution in [0.15, 0.2) is 24.5 Å². The lowest BCUT2D eigenvalue weighted by molar-refractivity contribution is 0.0683. The first-order valence-electron chi connectivity index (χ1n) is 8.67. The fourth-order valence-corrected chi connectivity index (χ4v) is 3.29. The van der Waals surface area contributed by atoms with E-state index in [1.165, 1.54) is 6.20 Å². The molecule has 1 aliphatic rings. The molecule has 0 spiro atoms. The van der Waals surface area contributed by atoms with Gasteiger partial charge in [0, 0.05) is 19.3 Å². The van der Waals surface area contributed by atoms with Crippen molar-refractivity contribution < 1.29 is 19.4 Å². The predicted molar refractivity (Wildman–Crippen MR) is 93.5 cm³/mol. The summed E-state index contributed by atoms with van der Waals surface area (Å²) in [6, 6.07) is 3.54. The Kier molecular flexibility index (Phi) is 5.20. The number of carbonyl (C=O) groups excluding carboxylic acids is 1. The minimum Gasteiger partial charge on any atom is -0.478 e. The molecule has 0 aromatic carbocycles. The van der Waals surface area contributed by atoms with E-state index in [4.69, 9.17) is 9.84 Å². The summed E-state index contributed by atoms with van der Waals surface area (Å²) in [5.41, 5.74) is 1.34. The molecule has 26 heavy (non-hydrogen) atoms. The predicted octanol–water partition coefficient (Wildman–Crippen LogP) is 2.16. The summed E-state index contributed by atoms with van der Waals surface area (Å²) >= 11 is 0. The molecule has 1 saturated heterocycles. The summed E-state index contributed by atoms with van der Waals surface area (Å²) in [7, 11) is 0. The fourth-order valence-electron chi connectivity index (χ4n) is 3.29. The maximum absolute atomic E-state index is 12.8. The van der Waals surface area contributed by atoms with Crippen molar-refractivity contribution in [3.05, 3.63) is 41.3 Å². The zero-order valence-electron chi connectivity index (χ0n) is 14.9. The van der Waals surface area contributed by atoms with Crippen LogP contribution >= 0.6 is 0 Å². The minimum atomic E-state index is -0.971. The van der Waals surface area contributed by atoms with Crippen molar-refractivity contribution in [3.63, 3.8) is 0 Å². The number of hydrogen-bond acceptors (Lipinski definition) is 5. The van der Waals surface area contributed by atoms with Gasteiger partial charge in [0.05, 0.1) is 24.5 Å². The van der Waals surface area contributed by atoms with Gasteiger partial charge >= 0.3 is 5.97 Å². The summed E-state index contributed by atoms with van der Waals surface area (Å²) in [5, 5.41) is 13.4. The number of carboxylic acid groups (broad SMARTS) is 1. The van der Waals surface area contributed by atoms with Crippen LogP contribution in [0.25, 0.3) is 0 Å². The molecule has 0 unspecified atom stereocenters. The average Bonchev–Trinajstić information content (AvgIpc) is 3.04. The van der Waals surface area contributed by atoms with E-state index < -0.39 is 5.97 Å². The monoisotopic (exact) mass is 358 g/mol. The van der Waals surface area contributed by atoms with Crippen molar-refractivity contribution in [2.75, 3.05) is 19.7 Å². The number of pyridine rings is 1. The number of aromatic carboxylic acids is 1. The number of aromatic nitrogens is 3. The highest BCUT2D eigenvalue weighted by atomic mass is 16.5. The lowest BCUT2D eigenvalue weighted by atomic mass is 10.0. The minimum absolute atomic E-state index is 0.0902. The molecule has 2 aromatic rings. The molecule has 0 atom stereocenters. The summed E-state index contributed by atoms with van der Waals surface area (Å²) in [4.78, 5) is 29.9. The first kappa shape index (κ1) is 17.9. The number of nitrogens with zero attached hydrogens (tertiary/aromatic N) is 4. The first-order chi connectivity index (χ1) is 12.5. The third kappa shape index (κ3) is 3.40. The Hall–Kier alpha value is -2.90. The molecular weight excluding hydrogens is 336 g/mol. The third-order valence-electron chi connectivity index (χ3n) is 4.66.